The maximum atomic E-state index is 10.5. The van der Waals surface area contributed by atoms with Crippen molar-refractivity contribution < 1.29 is 52.9 Å². The van der Waals surface area contributed by atoms with E-state index in [0.29, 0.717) is 13.1 Å². The lowest BCUT2D eigenvalue weighted by molar-refractivity contribution is -0.170. The summed E-state index contributed by atoms with van der Waals surface area (Å²) in [5, 5.41) is 42.5. The SMILES string of the molecule is O=C(O)CC(O)(CC(=O)O)C(=O)O.O=S(=O)(O)CCN1CCN(CCO)CC1. The molecule has 1 heterocycles. The molecule has 0 bridgehead atoms. The smallest absolute Gasteiger partial charge is 0.336 e. The molecule has 1 saturated heterocycles. The van der Waals surface area contributed by atoms with Gasteiger partial charge in [0.2, 0.25) is 0 Å². The summed E-state index contributed by atoms with van der Waals surface area (Å²) in [5.74, 6) is -5.22. The van der Waals surface area contributed by atoms with Crippen LogP contribution in [0.2, 0.25) is 0 Å². The summed E-state index contributed by atoms with van der Waals surface area (Å²) in [6, 6.07) is 0. The third kappa shape index (κ3) is 11.8. The molecule has 0 unspecified atom stereocenters. The van der Waals surface area contributed by atoms with Gasteiger partial charge in [-0.3, -0.25) is 23.9 Å². The van der Waals surface area contributed by atoms with E-state index in [1.54, 1.807) is 0 Å². The average Bonchev–Trinajstić information content (AvgIpc) is 2.52. The predicted molar refractivity (Wildman–Crippen MR) is 93.5 cm³/mol. The van der Waals surface area contributed by atoms with E-state index >= 15 is 0 Å². The lowest BCUT2D eigenvalue weighted by atomic mass is 9.96. The zero-order valence-corrected chi connectivity index (χ0v) is 15.9. The highest BCUT2D eigenvalue weighted by molar-refractivity contribution is 7.85. The van der Waals surface area contributed by atoms with Crippen LogP contribution in [-0.4, -0.2) is 123 Å². The van der Waals surface area contributed by atoms with E-state index in [-0.39, 0.29) is 12.4 Å². The Bertz CT molecular complexity index is 613. The first-order valence-corrected chi connectivity index (χ1v) is 9.80. The molecule has 164 valence electrons. The van der Waals surface area contributed by atoms with E-state index in [2.05, 4.69) is 4.90 Å². The van der Waals surface area contributed by atoms with E-state index in [1.807, 2.05) is 4.90 Å². The van der Waals surface area contributed by atoms with Crippen molar-refractivity contribution in [2.75, 3.05) is 51.6 Å². The second-order valence-electron chi connectivity index (χ2n) is 6.17. The van der Waals surface area contributed by atoms with Crippen LogP contribution in [0.15, 0.2) is 0 Å². The van der Waals surface area contributed by atoms with Crippen LogP contribution in [0.25, 0.3) is 0 Å². The Morgan fingerprint density at radius 2 is 1.25 bits per heavy atom. The fraction of sp³-hybridized carbons (Fsp3) is 0.786. The quantitative estimate of drug-likeness (QED) is 0.194. The summed E-state index contributed by atoms with van der Waals surface area (Å²) in [6.07, 6.45) is -2.29. The minimum Gasteiger partial charge on any atom is -0.481 e. The van der Waals surface area contributed by atoms with Gasteiger partial charge in [0.1, 0.15) is 0 Å². The van der Waals surface area contributed by atoms with Gasteiger partial charge in [0.05, 0.1) is 25.2 Å². The van der Waals surface area contributed by atoms with Crippen molar-refractivity contribution in [2.45, 2.75) is 18.4 Å². The Hall–Kier alpha value is -1.84. The fourth-order valence-electron chi connectivity index (χ4n) is 2.34. The highest BCUT2D eigenvalue weighted by Crippen LogP contribution is 2.15. The number of piperazine rings is 1. The van der Waals surface area contributed by atoms with Gasteiger partial charge in [0.15, 0.2) is 5.60 Å². The minimum atomic E-state index is -3.84. The molecule has 0 spiro atoms. The molecule has 0 aromatic heterocycles. The summed E-state index contributed by atoms with van der Waals surface area (Å²) < 4.78 is 29.6. The van der Waals surface area contributed by atoms with Gasteiger partial charge >= 0.3 is 17.9 Å². The second kappa shape index (κ2) is 11.9. The summed E-state index contributed by atoms with van der Waals surface area (Å²) in [5.41, 5.74) is -2.74. The predicted octanol–water partition coefficient (Wildman–Crippen LogP) is -2.76. The molecule has 14 heteroatoms. The molecule has 1 aliphatic heterocycles. The van der Waals surface area contributed by atoms with Crippen LogP contribution in [0.3, 0.4) is 0 Å². The largest absolute Gasteiger partial charge is 0.481 e. The Kier molecular flexibility index (Phi) is 11.1. The van der Waals surface area contributed by atoms with Gasteiger partial charge < -0.3 is 25.5 Å². The van der Waals surface area contributed by atoms with E-state index in [9.17, 15) is 22.8 Å². The topological polar surface area (TPSA) is 213 Å². The van der Waals surface area contributed by atoms with Gasteiger partial charge in [0, 0.05) is 39.3 Å². The molecule has 0 aromatic carbocycles. The molecule has 0 saturated carbocycles. The Balaban J connectivity index is 0.000000528. The maximum Gasteiger partial charge on any atom is 0.336 e. The molecular formula is C14H26N2O11S. The first kappa shape index (κ1) is 26.2. The zero-order chi connectivity index (χ0) is 22.0. The van der Waals surface area contributed by atoms with Crippen LogP contribution in [0.5, 0.6) is 0 Å². The second-order valence-corrected chi connectivity index (χ2v) is 7.74. The number of aliphatic carboxylic acids is 3. The molecular weight excluding hydrogens is 404 g/mol. The van der Waals surface area contributed by atoms with E-state index in [1.165, 1.54) is 0 Å². The van der Waals surface area contributed by atoms with Crippen LogP contribution in [0.1, 0.15) is 12.8 Å². The third-order valence-corrected chi connectivity index (χ3v) is 4.53. The Morgan fingerprint density at radius 1 is 0.857 bits per heavy atom. The van der Waals surface area contributed by atoms with Crippen molar-refractivity contribution in [3.63, 3.8) is 0 Å². The van der Waals surface area contributed by atoms with Gasteiger partial charge in [-0.1, -0.05) is 0 Å². The number of rotatable bonds is 10. The van der Waals surface area contributed by atoms with E-state index < -0.39 is 46.5 Å². The van der Waals surface area contributed by atoms with Crippen LogP contribution in [0.4, 0.5) is 0 Å². The number of nitrogens with zero attached hydrogens (tertiary/aromatic N) is 2. The number of carbonyl (C=O) groups is 3. The summed E-state index contributed by atoms with van der Waals surface area (Å²) in [7, 11) is -3.84. The molecule has 13 nitrogen and oxygen atoms in total. The minimum absolute atomic E-state index is 0.158. The number of aliphatic hydroxyl groups excluding tert-OH is 1. The molecule has 28 heavy (non-hydrogen) atoms. The van der Waals surface area contributed by atoms with E-state index in [4.69, 9.17) is 30.1 Å². The van der Waals surface area contributed by atoms with Crippen molar-refractivity contribution >= 4 is 28.0 Å². The molecule has 0 radical (unpaired) electrons. The van der Waals surface area contributed by atoms with E-state index in [0.717, 1.165) is 26.2 Å². The normalized spacial score (nSPS) is 16.1. The molecule has 0 amide bonds. The van der Waals surface area contributed by atoms with Crippen molar-refractivity contribution in [1.82, 2.24) is 9.80 Å². The summed E-state index contributed by atoms with van der Waals surface area (Å²) >= 11 is 0. The third-order valence-electron chi connectivity index (χ3n) is 3.83. The van der Waals surface area contributed by atoms with Gasteiger partial charge in [-0.2, -0.15) is 8.42 Å². The monoisotopic (exact) mass is 430 g/mol. The van der Waals surface area contributed by atoms with Crippen molar-refractivity contribution in [1.29, 1.82) is 0 Å². The number of carboxylic acid groups (broad SMARTS) is 3. The number of hydrogen-bond acceptors (Lipinski definition) is 9. The number of carboxylic acids is 3. The van der Waals surface area contributed by atoms with Crippen LogP contribution in [-0.2, 0) is 24.5 Å². The molecule has 1 aliphatic rings. The molecule has 1 fully saturated rings. The van der Waals surface area contributed by atoms with Crippen molar-refractivity contribution in [3.05, 3.63) is 0 Å². The van der Waals surface area contributed by atoms with Crippen LogP contribution in [0, 0.1) is 0 Å². The first-order valence-electron chi connectivity index (χ1n) is 8.19. The Labute approximate surface area is 161 Å². The lowest BCUT2D eigenvalue weighted by Crippen LogP contribution is -2.48. The van der Waals surface area contributed by atoms with Crippen LogP contribution >= 0.6 is 0 Å². The number of hydrogen-bond donors (Lipinski definition) is 6. The summed E-state index contributed by atoms with van der Waals surface area (Å²) in [4.78, 5) is 34.6. The number of β-amino-alcohol motifs (C(OH)–C–C–N with tert-alkyl or cyclic N) is 1. The van der Waals surface area contributed by atoms with Gasteiger partial charge in [-0.15, -0.1) is 0 Å². The fourth-order valence-corrected chi connectivity index (χ4v) is 2.83. The van der Waals surface area contributed by atoms with Gasteiger partial charge in [-0.05, 0) is 0 Å². The highest BCUT2D eigenvalue weighted by Gasteiger charge is 2.40. The van der Waals surface area contributed by atoms with Gasteiger partial charge in [-0.25, -0.2) is 4.79 Å². The Morgan fingerprint density at radius 3 is 1.54 bits per heavy atom. The zero-order valence-electron chi connectivity index (χ0n) is 15.1. The maximum absolute atomic E-state index is 10.5. The average molecular weight is 430 g/mol. The molecule has 1 rings (SSSR count). The molecule has 0 atom stereocenters. The van der Waals surface area contributed by atoms with Crippen LogP contribution < -0.4 is 0 Å². The molecule has 0 aromatic rings. The van der Waals surface area contributed by atoms with Crippen molar-refractivity contribution in [3.8, 4) is 0 Å². The van der Waals surface area contributed by atoms with Gasteiger partial charge in [0.25, 0.3) is 10.1 Å². The highest BCUT2D eigenvalue weighted by atomic mass is 32.2. The first-order chi connectivity index (χ1) is 12.8. The number of aliphatic hydroxyl groups is 2. The standard InChI is InChI=1S/C8H18N2O4S.C6H8O7/c11-7-5-9-1-3-10(4-2-9)6-8-15(12,13)14;7-3(8)1-6(13,5(11)12)2-4(9)10/h11H,1-8H2,(H,12,13,14);13H,1-2H2,(H,7,8)(H,9,10)(H,11,12). The lowest BCUT2D eigenvalue weighted by Gasteiger charge is -2.33. The van der Waals surface area contributed by atoms with Crippen molar-refractivity contribution in [2.24, 2.45) is 0 Å². The molecule has 0 aliphatic carbocycles. The molecule has 6 N–H and O–H groups in total. The summed E-state index contributed by atoms with van der Waals surface area (Å²) in [6.45, 7) is 4.46.